The Morgan fingerprint density at radius 3 is 2.43 bits per heavy atom. The number of esters is 1. The Hall–Kier alpha value is -1.64. The highest BCUT2D eigenvalue weighted by molar-refractivity contribution is 14.1. The lowest BCUT2D eigenvalue weighted by molar-refractivity contribution is -0.144. The van der Waals surface area contributed by atoms with Gasteiger partial charge in [-0.25, -0.2) is 4.79 Å². The molecular formula is C14H16INO5. The minimum Gasteiger partial charge on any atom is -0.480 e. The topological polar surface area (TPSA) is 92.7 Å². The fourth-order valence-corrected chi connectivity index (χ4v) is 1.96. The van der Waals surface area contributed by atoms with Crippen molar-refractivity contribution in [3.8, 4) is 0 Å². The Balaban J connectivity index is 2.61. The van der Waals surface area contributed by atoms with Gasteiger partial charge in [-0.15, -0.1) is 0 Å². The third-order valence-electron chi connectivity index (χ3n) is 2.65. The van der Waals surface area contributed by atoms with E-state index in [0.717, 1.165) is 3.57 Å². The number of hydrogen-bond donors (Lipinski definition) is 2. The maximum absolute atomic E-state index is 11.9. The lowest BCUT2D eigenvalue weighted by Gasteiger charge is -2.14. The zero-order valence-electron chi connectivity index (χ0n) is 11.5. The number of hydrogen-bond acceptors (Lipinski definition) is 4. The third kappa shape index (κ3) is 6.11. The van der Waals surface area contributed by atoms with Crippen molar-refractivity contribution in [2.45, 2.75) is 25.8 Å². The van der Waals surface area contributed by atoms with Gasteiger partial charge in [0.1, 0.15) is 6.04 Å². The number of amides is 1. The smallest absolute Gasteiger partial charge is 0.326 e. The Labute approximate surface area is 136 Å². The van der Waals surface area contributed by atoms with Gasteiger partial charge in [0.15, 0.2) is 0 Å². The number of aliphatic carboxylic acids is 1. The van der Waals surface area contributed by atoms with E-state index in [4.69, 9.17) is 9.84 Å². The number of carboxylic acid groups (broad SMARTS) is 1. The van der Waals surface area contributed by atoms with Gasteiger partial charge >= 0.3 is 11.9 Å². The Kier molecular flexibility index (Phi) is 7.13. The summed E-state index contributed by atoms with van der Waals surface area (Å²) in [5.74, 6) is -2.15. The summed E-state index contributed by atoms with van der Waals surface area (Å²) in [7, 11) is 0. The summed E-state index contributed by atoms with van der Waals surface area (Å²) < 4.78 is 5.70. The number of ether oxygens (including phenoxy) is 1. The van der Waals surface area contributed by atoms with Crippen molar-refractivity contribution >= 4 is 40.4 Å². The summed E-state index contributed by atoms with van der Waals surface area (Å²) in [4.78, 5) is 34.3. The van der Waals surface area contributed by atoms with Gasteiger partial charge in [0.05, 0.1) is 6.61 Å². The molecule has 0 fully saturated rings. The molecule has 2 N–H and O–H groups in total. The first-order valence-electron chi connectivity index (χ1n) is 6.39. The van der Waals surface area contributed by atoms with Crippen LogP contribution in [0.3, 0.4) is 0 Å². The van der Waals surface area contributed by atoms with Gasteiger partial charge in [-0.05, 0) is 60.2 Å². The molecule has 0 spiro atoms. The summed E-state index contributed by atoms with van der Waals surface area (Å²) in [6, 6.07) is 5.61. The van der Waals surface area contributed by atoms with E-state index in [0.29, 0.717) is 5.56 Å². The van der Waals surface area contributed by atoms with Crippen molar-refractivity contribution in [2.75, 3.05) is 6.61 Å². The Bertz CT molecular complexity index is 515. The molecule has 114 valence electrons. The molecule has 0 aliphatic rings. The standard InChI is InChI=1S/C14H16INO5/c1-2-21-12(17)8-7-11(14(19)20)16-13(18)9-3-5-10(15)6-4-9/h3-6,11H,2,7-8H2,1H3,(H,16,18)(H,19,20)/t11-/m0/s1. The van der Waals surface area contributed by atoms with Crippen LogP contribution in [0.2, 0.25) is 0 Å². The molecule has 0 aromatic heterocycles. The zero-order chi connectivity index (χ0) is 15.8. The molecule has 1 rings (SSSR count). The largest absolute Gasteiger partial charge is 0.480 e. The van der Waals surface area contributed by atoms with Crippen LogP contribution in [-0.2, 0) is 14.3 Å². The number of benzene rings is 1. The number of rotatable bonds is 7. The number of halogens is 1. The number of carboxylic acids is 1. The van der Waals surface area contributed by atoms with Gasteiger partial charge in [0, 0.05) is 15.6 Å². The number of carbonyl (C=O) groups is 3. The molecule has 0 heterocycles. The van der Waals surface area contributed by atoms with Crippen LogP contribution < -0.4 is 5.32 Å². The zero-order valence-corrected chi connectivity index (χ0v) is 13.6. The van der Waals surface area contributed by atoms with Crippen LogP contribution in [0, 0.1) is 3.57 Å². The molecule has 21 heavy (non-hydrogen) atoms. The predicted octanol–water partition coefficient (Wildman–Crippen LogP) is 1.82. The lowest BCUT2D eigenvalue weighted by Crippen LogP contribution is -2.41. The summed E-state index contributed by atoms with van der Waals surface area (Å²) in [6.07, 6.45) is -0.0674. The highest BCUT2D eigenvalue weighted by atomic mass is 127. The minimum atomic E-state index is -1.18. The Morgan fingerprint density at radius 1 is 1.29 bits per heavy atom. The second-order valence-electron chi connectivity index (χ2n) is 4.21. The number of carbonyl (C=O) groups excluding carboxylic acids is 2. The number of nitrogens with one attached hydrogen (secondary N) is 1. The lowest BCUT2D eigenvalue weighted by atomic mass is 10.1. The van der Waals surface area contributed by atoms with Gasteiger partial charge in [0.2, 0.25) is 0 Å². The van der Waals surface area contributed by atoms with Crippen LogP contribution in [0.15, 0.2) is 24.3 Å². The molecular weight excluding hydrogens is 389 g/mol. The minimum absolute atomic E-state index is 0.00965. The van der Waals surface area contributed by atoms with Gasteiger partial charge in [-0.1, -0.05) is 0 Å². The van der Waals surface area contributed by atoms with Crippen LogP contribution in [0.25, 0.3) is 0 Å². The van der Waals surface area contributed by atoms with Crippen molar-refractivity contribution < 1.29 is 24.2 Å². The van der Waals surface area contributed by atoms with Crippen molar-refractivity contribution in [2.24, 2.45) is 0 Å². The summed E-state index contributed by atoms with van der Waals surface area (Å²) >= 11 is 2.11. The molecule has 0 saturated carbocycles. The molecule has 1 amide bonds. The van der Waals surface area contributed by atoms with Crippen LogP contribution in [0.1, 0.15) is 30.1 Å². The van der Waals surface area contributed by atoms with Crippen LogP contribution in [-0.4, -0.2) is 35.6 Å². The third-order valence-corrected chi connectivity index (χ3v) is 3.37. The van der Waals surface area contributed by atoms with Crippen molar-refractivity contribution in [3.63, 3.8) is 0 Å². The van der Waals surface area contributed by atoms with Crippen LogP contribution in [0.4, 0.5) is 0 Å². The molecule has 0 saturated heterocycles. The van der Waals surface area contributed by atoms with E-state index in [1.165, 1.54) is 0 Å². The normalized spacial score (nSPS) is 11.5. The first kappa shape index (κ1) is 17.4. The second-order valence-corrected chi connectivity index (χ2v) is 5.46. The highest BCUT2D eigenvalue weighted by Crippen LogP contribution is 2.08. The van der Waals surface area contributed by atoms with E-state index in [-0.39, 0.29) is 19.4 Å². The van der Waals surface area contributed by atoms with Crippen molar-refractivity contribution in [1.29, 1.82) is 0 Å². The maximum Gasteiger partial charge on any atom is 0.326 e. The second kappa shape index (κ2) is 8.60. The van der Waals surface area contributed by atoms with Gasteiger partial charge < -0.3 is 15.2 Å². The molecule has 1 aromatic rings. The van der Waals surface area contributed by atoms with Crippen molar-refractivity contribution in [3.05, 3.63) is 33.4 Å². The van der Waals surface area contributed by atoms with E-state index in [1.54, 1.807) is 31.2 Å². The first-order valence-corrected chi connectivity index (χ1v) is 7.46. The van der Waals surface area contributed by atoms with E-state index >= 15 is 0 Å². The highest BCUT2D eigenvalue weighted by Gasteiger charge is 2.21. The van der Waals surface area contributed by atoms with Crippen LogP contribution >= 0.6 is 22.6 Å². The van der Waals surface area contributed by atoms with E-state index in [1.807, 2.05) is 0 Å². The molecule has 0 unspecified atom stereocenters. The van der Waals surface area contributed by atoms with Gasteiger partial charge in [0.25, 0.3) is 5.91 Å². The summed E-state index contributed by atoms with van der Waals surface area (Å²) in [5.41, 5.74) is 0.373. The van der Waals surface area contributed by atoms with Gasteiger partial charge in [-0.2, -0.15) is 0 Å². The molecule has 0 aliphatic carbocycles. The summed E-state index contributed by atoms with van der Waals surface area (Å²) in [6.45, 7) is 1.91. The van der Waals surface area contributed by atoms with Crippen molar-refractivity contribution in [1.82, 2.24) is 5.32 Å². The molecule has 1 aromatic carbocycles. The molecule has 7 heteroatoms. The maximum atomic E-state index is 11.9. The van der Waals surface area contributed by atoms with E-state index in [9.17, 15) is 14.4 Å². The van der Waals surface area contributed by atoms with E-state index in [2.05, 4.69) is 27.9 Å². The molecule has 0 bridgehead atoms. The fraction of sp³-hybridized carbons (Fsp3) is 0.357. The average molecular weight is 405 g/mol. The monoisotopic (exact) mass is 405 g/mol. The molecule has 1 atom stereocenters. The molecule has 0 aliphatic heterocycles. The Morgan fingerprint density at radius 2 is 1.90 bits per heavy atom. The van der Waals surface area contributed by atoms with Crippen LogP contribution in [0.5, 0.6) is 0 Å². The summed E-state index contributed by atoms with van der Waals surface area (Å²) in [5, 5.41) is 11.5. The molecule has 0 radical (unpaired) electrons. The SMILES string of the molecule is CCOC(=O)CC[C@H](NC(=O)c1ccc(I)cc1)C(=O)O. The first-order chi connectivity index (χ1) is 9.93. The molecule has 6 nitrogen and oxygen atoms in total. The average Bonchev–Trinajstić information content (AvgIpc) is 2.43. The van der Waals surface area contributed by atoms with Gasteiger partial charge in [-0.3, -0.25) is 9.59 Å². The predicted molar refractivity (Wildman–Crippen MR) is 83.9 cm³/mol. The van der Waals surface area contributed by atoms with E-state index < -0.39 is 23.9 Å². The quantitative estimate of drug-likeness (QED) is 0.534. The fourth-order valence-electron chi connectivity index (χ4n) is 1.60.